The third-order valence-corrected chi connectivity index (χ3v) is 5.27. The third kappa shape index (κ3) is 3.79. The summed E-state index contributed by atoms with van der Waals surface area (Å²) in [6.45, 7) is 7.48. The van der Waals surface area contributed by atoms with Crippen molar-refractivity contribution in [2.24, 2.45) is 5.41 Å². The highest BCUT2D eigenvalue weighted by Crippen LogP contribution is 2.36. The van der Waals surface area contributed by atoms with E-state index in [9.17, 15) is 4.79 Å². The second-order valence-corrected chi connectivity index (χ2v) is 7.09. The first kappa shape index (κ1) is 17.4. The number of carbonyl (C=O) groups is 1. The van der Waals surface area contributed by atoms with E-state index in [4.69, 9.17) is 9.47 Å². The zero-order valence-electron chi connectivity index (χ0n) is 14.7. The fourth-order valence-corrected chi connectivity index (χ4v) is 3.89. The van der Waals surface area contributed by atoms with Gasteiger partial charge < -0.3 is 14.4 Å². The summed E-state index contributed by atoms with van der Waals surface area (Å²) in [7, 11) is 1.67. The molecule has 5 heteroatoms. The lowest BCUT2D eigenvalue weighted by atomic mass is 9.86. The van der Waals surface area contributed by atoms with Crippen LogP contribution in [0.5, 0.6) is 0 Å². The summed E-state index contributed by atoms with van der Waals surface area (Å²) < 4.78 is 11.0. The fourth-order valence-electron chi connectivity index (χ4n) is 3.89. The molecule has 2 fully saturated rings. The molecule has 2 aliphatic heterocycles. The van der Waals surface area contributed by atoms with Gasteiger partial charge >= 0.3 is 0 Å². The maximum absolute atomic E-state index is 12.4. The molecule has 132 valence electrons. The van der Waals surface area contributed by atoms with Gasteiger partial charge in [-0.05, 0) is 12.5 Å². The molecule has 0 unspecified atom stereocenters. The molecule has 2 saturated heterocycles. The first-order valence-electron chi connectivity index (χ1n) is 8.77. The molecule has 0 aliphatic carbocycles. The van der Waals surface area contributed by atoms with E-state index in [1.54, 1.807) is 7.11 Å². The fraction of sp³-hybridized carbons (Fsp3) is 0.632. The van der Waals surface area contributed by atoms with Crippen LogP contribution in [0.4, 0.5) is 0 Å². The molecule has 1 spiro atoms. The molecule has 1 amide bonds. The topological polar surface area (TPSA) is 42.0 Å². The number of carbonyl (C=O) groups excluding carboxylic acids is 1. The molecule has 0 radical (unpaired) electrons. The normalized spacial score (nSPS) is 26.8. The monoisotopic (exact) mass is 332 g/mol. The van der Waals surface area contributed by atoms with Crippen molar-refractivity contribution in [1.82, 2.24) is 9.80 Å². The molecular formula is C19H28N2O3. The Balaban J connectivity index is 1.72. The summed E-state index contributed by atoms with van der Waals surface area (Å²) >= 11 is 0. The lowest BCUT2D eigenvalue weighted by molar-refractivity contribution is -0.128. The number of rotatable bonds is 5. The van der Waals surface area contributed by atoms with Gasteiger partial charge in [-0.3, -0.25) is 9.69 Å². The Kier molecular flexibility index (Phi) is 5.54. The molecule has 0 aromatic heterocycles. The van der Waals surface area contributed by atoms with E-state index < -0.39 is 0 Å². The molecule has 3 rings (SSSR count). The van der Waals surface area contributed by atoms with Crippen LogP contribution in [0.1, 0.15) is 24.9 Å². The predicted octanol–water partition coefficient (Wildman–Crippen LogP) is 1.94. The van der Waals surface area contributed by atoms with Crippen LogP contribution in [-0.2, 0) is 14.3 Å². The van der Waals surface area contributed by atoms with Gasteiger partial charge in [-0.15, -0.1) is 0 Å². The smallest absolute Gasteiger partial charge is 0.223 e. The quantitative estimate of drug-likeness (QED) is 0.826. The van der Waals surface area contributed by atoms with Crippen LogP contribution in [0, 0.1) is 5.41 Å². The lowest BCUT2D eigenvalue weighted by Crippen LogP contribution is -2.42. The zero-order valence-corrected chi connectivity index (χ0v) is 14.7. The Bertz CT molecular complexity index is 551. The van der Waals surface area contributed by atoms with E-state index in [0.29, 0.717) is 32.2 Å². The van der Waals surface area contributed by atoms with Crippen LogP contribution in [0.25, 0.3) is 0 Å². The Labute approximate surface area is 144 Å². The van der Waals surface area contributed by atoms with Crippen molar-refractivity contribution in [3.8, 4) is 0 Å². The SMILES string of the molecule is COCCN1C[C@@]2(COCCN([C@@H](C)c3ccccc3)C2)CC1=O. The Morgan fingerprint density at radius 2 is 2.08 bits per heavy atom. The minimum absolute atomic E-state index is 0.0929. The average molecular weight is 332 g/mol. The van der Waals surface area contributed by atoms with E-state index >= 15 is 0 Å². The molecule has 0 N–H and O–H groups in total. The van der Waals surface area contributed by atoms with Crippen molar-refractivity contribution >= 4 is 5.91 Å². The maximum atomic E-state index is 12.4. The second kappa shape index (κ2) is 7.64. The molecule has 0 bridgehead atoms. The van der Waals surface area contributed by atoms with Crippen LogP contribution in [0.15, 0.2) is 30.3 Å². The van der Waals surface area contributed by atoms with Crippen LogP contribution >= 0.6 is 0 Å². The van der Waals surface area contributed by atoms with Crippen molar-refractivity contribution in [1.29, 1.82) is 0 Å². The highest BCUT2D eigenvalue weighted by atomic mass is 16.5. The second-order valence-electron chi connectivity index (χ2n) is 7.09. The number of nitrogens with zero attached hydrogens (tertiary/aromatic N) is 2. The van der Waals surface area contributed by atoms with Crippen LogP contribution < -0.4 is 0 Å². The van der Waals surface area contributed by atoms with Crippen LogP contribution in [-0.4, -0.2) is 68.8 Å². The van der Waals surface area contributed by atoms with E-state index in [1.165, 1.54) is 5.56 Å². The minimum Gasteiger partial charge on any atom is -0.383 e. The van der Waals surface area contributed by atoms with E-state index in [1.807, 2.05) is 11.0 Å². The van der Waals surface area contributed by atoms with Crippen molar-refractivity contribution in [3.63, 3.8) is 0 Å². The summed E-state index contributed by atoms with van der Waals surface area (Å²) in [5.41, 5.74) is 1.22. The highest BCUT2D eigenvalue weighted by Gasteiger charge is 2.45. The van der Waals surface area contributed by atoms with Gasteiger partial charge in [-0.2, -0.15) is 0 Å². The standard InChI is InChI=1S/C19H28N2O3/c1-16(17-6-4-3-5-7-17)20-9-11-24-15-19(13-20)12-18(22)21(14-19)8-10-23-2/h3-7,16H,8-15H2,1-2H3/t16-,19+/m0/s1. The number of hydrogen-bond acceptors (Lipinski definition) is 4. The molecule has 1 aromatic rings. The summed E-state index contributed by atoms with van der Waals surface area (Å²) in [5, 5.41) is 0. The van der Waals surface area contributed by atoms with Gasteiger partial charge in [0.25, 0.3) is 0 Å². The third-order valence-electron chi connectivity index (χ3n) is 5.27. The average Bonchev–Trinajstić information content (AvgIpc) is 2.77. The van der Waals surface area contributed by atoms with Crippen molar-refractivity contribution in [3.05, 3.63) is 35.9 Å². The predicted molar refractivity (Wildman–Crippen MR) is 92.8 cm³/mol. The van der Waals surface area contributed by atoms with Crippen molar-refractivity contribution < 1.29 is 14.3 Å². The number of amides is 1. The Morgan fingerprint density at radius 1 is 1.29 bits per heavy atom. The first-order chi connectivity index (χ1) is 11.6. The molecule has 2 aliphatic rings. The molecular weight excluding hydrogens is 304 g/mol. The summed E-state index contributed by atoms with van der Waals surface area (Å²) in [6, 6.07) is 10.9. The van der Waals surface area contributed by atoms with E-state index in [2.05, 4.69) is 36.1 Å². The molecule has 1 aromatic carbocycles. The first-order valence-corrected chi connectivity index (χ1v) is 8.77. The number of benzene rings is 1. The summed E-state index contributed by atoms with van der Waals surface area (Å²) in [6.07, 6.45) is 0.578. The van der Waals surface area contributed by atoms with E-state index in [-0.39, 0.29) is 11.3 Å². The van der Waals surface area contributed by atoms with Crippen molar-refractivity contribution in [2.75, 3.05) is 53.1 Å². The van der Waals surface area contributed by atoms with Gasteiger partial charge in [0.2, 0.25) is 5.91 Å². The number of likely N-dealkylation sites (tertiary alicyclic amines) is 1. The highest BCUT2D eigenvalue weighted by molar-refractivity contribution is 5.79. The van der Waals surface area contributed by atoms with Gasteiger partial charge in [-0.25, -0.2) is 0 Å². The lowest BCUT2D eigenvalue weighted by Gasteiger charge is -2.35. The Hall–Kier alpha value is -1.43. The van der Waals surface area contributed by atoms with Gasteiger partial charge in [0.15, 0.2) is 0 Å². The van der Waals surface area contributed by atoms with Gasteiger partial charge in [0.05, 0.1) is 19.8 Å². The van der Waals surface area contributed by atoms with Gasteiger partial charge in [-0.1, -0.05) is 30.3 Å². The van der Waals surface area contributed by atoms with Crippen LogP contribution in [0.2, 0.25) is 0 Å². The molecule has 2 atom stereocenters. The molecule has 5 nitrogen and oxygen atoms in total. The van der Waals surface area contributed by atoms with E-state index in [0.717, 1.165) is 26.2 Å². The maximum Gasteiger partial charge on any atom is 0.223 e. The summed E-state index contributed by atoms with van der Waals surface area (Å²) in [5.74, 6) is 0.227. The molecule has 24 heavy (non-hydrogen) atoms. The minimum atomic E-state index is -0.0929. The Morgan fingerprint density at radius 3 is 2.83 bits per heavy atom. The molecule has 0 saturated carbocycles. The molecule has 2 heterocycles. The van der Waals surface area contributed by atoms with Crippen molar-refractivity contribution in [2.45, 2.75) is 19.4 Å². The van der Waals surface area contributed by atoms with Gasteiger partial charge in [0, 0.05) is 51.2 Å². The zero-order chi connectivity index (χ0) is 17.0. The van der Waals surface area contributed by atoms with Gasteiger partial charge in [0.1, 0.15) is 0 Å². The number of hydrogen-bond donors (Lipinski definition) is 0. The largest absolute Gasteiger partial charge is 0.383 e. The van der Waals surface area contributed by atoms with Crippen LogP contribution in [0.3, 0.4) is 0 Å². The number of methoxy groups -OCH3 is 1. The number of ether oxygens (including phenoxy) is 2. The summed E-state index contributed by atoms with van der Waals surface area (Å²) in [4.78, 5) is 16.8.